The first-order chi connectivity index (χ1) is 11.7. The normalized spacial score (nSPS) is 22.6. The van der Waals surface area contributed by atoms with E-state index in [1.54, 1.807) is 11.9 Å². The van der Waals surface area contributed by atoms with Crippen molar-refractivity contribution in [3.05, 3.63) is 65.7 Å². The van der Waals surface area contributed by atoms with E-state index in [9.17, 15) is 4.79 Å². The Morgan fingerprint density at radius 2 is 1.79 bits per heavy atom. The largest absolute Gasteiger partial charge is 0.309 e. The van der Waals surface area contributed by atoms with Crippen LogP contribution >= 0.6 is 0 Å². The Labute approximate surface area is 139 Å². The van der Waals surface area contributed by atoms with E-state index < -0.39 is 0 Å². The van der Waals surface area contributed by atoms with Crippen molar-refractivity contribution in [2.75, 3.05) is 11.9 Å². The zero-order valence-electron chi connectivity index (χ0n) is 13.1. The summed E-state index contributed by atoms with van der Waals surface area (Å²) in [4.78, 5) is 13.9. The van der Waals surface area contributed by atoms with Gasteiger partial charge in [-0.3, -0.25) is 4.79 Å². The van der Waals surface area contributed by atoms with Gasteiger partial charge in [-0.1, -0.05) is 48.5 Å². The Kier molecular flexibility index (Phi) is 3.49. The number of nitrogens with zero attached hydrogens (tertiary/aromatic N) is 5. The number of anilines is 1. The number of hydrogen-bond acceptors (Lipinski definition) is 4. The second-order valence-electron chi connectivity index (χ2n) is 5.69. The maximum Gasteiger partial charge on any atom is 0.279 e. The molecule has 0 aliphatic carbocycles. The second kappa shape index (κ2) is 5.81. The summed E-state index contributed by atoms with van der Waals surface area (Å²) in [5.41, 5.74) is 3.08. The molecule has 0 spiro atoms. The molecule has 0 saturated carbocycles. The van der Waals surface area contributed by atoms with Crippen LogP contribution in [0.5, 0.6) is 0 Å². The number of para-hydroxylation sites is 1. The molecule has 2 aromatic rings. The maximum atomic E-state index is 12.3. The van der Waals surface area contributed by atoms with Gasteiger partial charge in [0.2, 0.25) is 0 Å². The lowest BCUT2D eigenvalue weighted by Crippen LogP contribution is -2.25. The highest BCUT2D eigenvalue weighted by molar-refractivity contribution is 6.54. The molecule has 2 aliphatic rings. The first-order valence-corrected chi connectivity index (χ1v) is 7.72. The van der Waals surface area contributed by atoms with E-state index in [1.807, 2.05) is 54.6 Å². The van der Waals surface area contributed by atoms with Crippen LogP contribution in [0.4, 0.5) is 5.69 Å². The average Bonchev–Trinajstić information content (AvgIpc) is 3.19. The summed E-state index contributed by atoms with van der Waals surface area (Å²) in [5.74, 6) is 0.381. The van der Waals surface area contributed by atoms with Gasteiger partial charge in [-0.05, 0) is 11.6 Å². The van der Waals surface area contributed by atoms with Crippen LogP contribution in [0.25, 0.3) is 0 Å². The number of fused-ring (bicyclic) bond motifs is 1. The summed E-state index contributed by atoms with van der Waals surface area (Å²) in [6.45, 7) is 0. The lowest BCUT2D eigenvalue weighted by Gasteiger charge is -2.07. The minimum absolute atomic E-state index is 0.0283. The molecule has 0 saturated heterocycles. The fourth-order valence-electron chi connectivity index (χ4n) is 2.87. The van der Waals surface area contributed by atoms with Crippen LogP contribution < -0.4 is 4.90 Å². The molecule has 2 aliphatic heterocycles. The van der Waals surface area contributed by atoms with Gasteiger partial charge in [0.1, 0.15) is 6.04 Å². The number of amides is 1. The van der Waals surface area contributed by atoms with Gasteiger partial charge < -0.3 is 4.90 Å². The molecule has 1 unspecified atom stereocenters. The molecule has 4 rings (SSSR count). The first kappa shape index (κ1) is 14.4. The number of rotatable bonds is 2. The molecular formula is C18H15N5O. The van der Waals surface area contributed by atoms with E-state index in [2.05, 4.69) is 20.4 Å². The summed E-state index contributed by atoms with van der Waals surface area (Å²) in [6.07, 6.45) is 0.590. The molecule has 6 nitrogen and oxygen atoms in total. The number of carbonyl (C=O) groups is 1. The number of hydrogen-bond donors (Lipinski definition) is 0. The molecule has 1 atom stereocenters. The molecule has 24 heavy (non-hydrogen) atoms. The van der Waals surface area contributed by atoms with E-state index in [4.69, 9.17) is 0 Å². The molecule has 2 aromatic carbocycles. The predicted octanol–water partition coefficient (Wildman–Crippen LogP) is 3.36. The number of carbonyl (C=O) groups excluding carboxylic acids is 1. The molecule has 0 fully saturated rings. The van der Waals surface area contributed by atoms with Crippen LogP contribution in [0.3, 0.4) is 0 Å². The van der Waals surface area contributed by atoms with E-state index in [-0.39, 0.29) is 11.9 Å². The Bertz CT molecular complexity index is 885. The number of benzene rings is 2. The smallest absolute Gasteiger partial charge is 0.279 e. The van der Waals surface area contributed by atoms with Gasteiger partial charge in [-0.15, -0.1) is 15.3 Å². The van der Waals surface area contributed by atoms with Crippen molar-refractivity contribution in [2.24, 2.45) is 20.4 Å². The van der Waals surface area contributed by atoms with Crippen molar-refractivity contribution in [1.29, 1.82) is 0 Å². The van der Waals surface area contributed by atoms with Crippen molar-refractivity contribution in [2.45, 2.75) is 12.5 Å². The molecule has 0 bridgehead atoms. The highest BCUT2D eigenvalue weighted by atomic mass is 16.2. The van der Waals surface area contributed by atoms with Gasteiger partial charge in [0, 0.05) is 19.0 Å². The van der Waals surface area contributed by atoms with Gasteiger partial charge in [0.25, 0.3) is 5.91 Å². The molecule has 0 N–H and O–H groups in total. The molecule has 2 heterocycles. The number of amidine groups is 1. The third kappa shape index (κ3) is 2.42. The molecule has 1 amide bonds. The summed E-state index contributed by atoms with van der Waals surface area (Å²) in [7, 11) is 1.73. The SMILES string of the molecule is CN1C(=O)/C(=N\N=C2\CC(c3ccccc3)N=N2)c2ccccc21. The van der Waals surface area contributed by atoms with Crippen molar-refractivity contribution < 1.29 is 4.79 Å². The average molecular weight is 317 g/mol. The lowest BCUT2D eigenvalue weighted by atomic mass is 10.1. The Morgan fingerprint density at radius 3 is 2.62 bits per heavy atom. The highest BCUT2D eigenvalue weighted by Gasteiger charge is 2.31. The van der Waals surface area contributed by atoms with Gasteiger partial charge in [0.05, 0.1) is 5.69 Å². The van der Waals surface area contributed by atoms with Gasteiger partial charge in [-0.25, -0.2) is 0 Å². The third-order valence-corrected chi connectivity index (χ3v) is 4.17. The monoisotopic (exact) mass is 317 g/mol. The van der Waals surface area contributed by atoms with Crippen LogP contribution in [0.2, 0.25) is 0 Å². The lowest BCUT2D eigenvalue weighted by molar-refractivity contribution is -0.111. The van der Waals surface area contributed by atoms with Crippen LogP contribution in [-0.4, -0.2) is 24.5 Å². The Hall–Kier alpha value is -3.15. The summed E-state index contributed by atoms with van der Waals surface area (Å²) in [6, 6.07) is 17.5. The maximum absolute atomic E-state index is 12.3. The zero-order valence-corrected chi connectivity index (χ0v) is 13.1. The predicted molar refractivity (Wildman–Crippen MR) is 92.5 cm³/mol. The van der Waals surface area contributed by atoms with Crippen molar-refractivity contribution in [3.63, 3.8) is 0 Å². The van der Waals surface area contributed by atoms with Crippen molar-refractivity contribution in [3.8, 4) is 0 Å². The topological polar surface area (TPSA) is 69.8 Å². The van der Waals surface area contributed by atoms with Crippen LogP contribution in [-0.2, 0) is 4.79 Å². The second-order valence-corrected chi connectivity index (χ2v) is 5.69. The third-order valence-electron chi connectivity index (χ3n) is 4.17. The molecule has 0 radical (unpaired) electrons. The summed E-state index contributed by atoms with van der Waals surface area (Å²) in [5, 5.41) is 16.7. The summed E-state index contributed by atoms with van der Waals surface area (Å²) >= 11 is 0. The molecule has 118 valence electrons. The minimum Gasteiger partial charge on any atom is -0.309 e. The van der Waals surface area contributed by atoms with Crippen LogP contribution in [0.1, 0.15) is 23.6 Å². The highest BCUT2D eigenvalue weighted by Crippen LogP contribution is 2.29. The van der Waals surface area contributed by atoms with E-state index in [1.165, 1.54) is 0 Å². The van der Waals surface area contributed by atoms with Gasteiger partial charge in [0.15, 0.2) is 11.5 Å². The van der Waals surface area contributed by atoms with E-state index in [0.717, 1.165) is 16.8 Å². The zero-order chi connectivity index (χ0) is 16.5. The molecule has 6 heteroatoms. The number of azo groups is 1. The first-order valence-electron chi connectivity index (χ1n) is 7.72. The van der Waals surface area contributed by atoms with Crippen molar-refractivity contribution in [1.82, 2.24) is 0 Å². The molecule has 0 aromatic heterocycles. The Balaban J connectivity index is 1.59. The molecular weight excluding hydrogens is 302 g/mol. The van der Waals surface area contributed by atoms with Crippen molar-refractivity contribution >= 4 is 23.1 Å². The van der Waals surface area contributed by atoms with Crippen LogP contribution in [0, 0.1) is 0 Å². The quantitative estimate of drug-likeness (QED) is 0.783. The van der Waals surface area contributed by atoms with Gasteiger partial charge >= 0.3 is 0 Å². The van der Waals surface area contributed by atoms with Crippen LogP contribution in [0.15, 0.2) is 75.0 Å². The fourth-order valence-corrected chi connectivity index (χ4v) is 2.87. The minimum atomic E-state index is -0.157. The van der Waals surface area contributed by atoms with E-state index >= 15 is 0 Å². The standard InChI is InChI=1S/C18H15N5O/c1-23-15-10-6-5-9-13(15)17(18(23)24)22-21-16-11-14(19-20-16)12-7-3-2-4-8-12/h2-10,14H,11H2,1H3/b21-16-,22-17-. The van der Waals surface area contributed by atoms with E-state index in [0.29, 0.717) is 18.0 Å². The number of likely N-dealkylation sites (N-methyl/N-ethyl adjacent to an activating group) is 1. The Morgan fingerprint density at radius 1 is 1.04 bits per heavy atom. The van der Waals surface area contributed by atoms with Gasteiger partial charge in [-0.2, -0.15) is 5.11 Å². The fraction of sp³-hybridized carbons (Fsp3) is 0.167. The summed E-state index contributed by atoms with van der Waals surface area (Å²) < 4.78 is 0.